The molecular formula is C15H20O2. The highest BCUT2D eigenvalue weighted by Crippen LogP contribution is 2.32. The fourth-order valence-electron chi connectivity index (χ4n) is 2.19. The number of hydrogen-bond acceptors (Lipinski definition) is 2. The van der Waals surface area contributed by atoms with E-state index in [4.69, 9.17) is 4.74 Å². The van der Waals surface area contributed by atoms with Crippen LogP contribution in [-0.2, 0) is 11.2 Å². The van der Waals surface area contributed by atoms with E-state index >= 15 is 0 Å². The minimum absolute atomic E-state index is 0.284. The van der Waals surface area contributed by atoms with Gasteiger partial charge in [-0.1, -0.05) is 32.1 Å². The standard InChI is InChI=1S/C15H20O2/c1-3-4-9-17-11(2)12-5-7-14-13(10-12)6-8-15(14)16/h5,7,10,15-16H,2-4,6,8-9H2,1H3. The summed E-state index contributed by atoms with van der Waals surface area (Å²) in [6.45, 7) is 6.83. The lowest BCUT2D eigenvalue weighted by Gasteiger charge is -2.11. The molecule has 0 spiro atoms. The first-order chi connectivity index (χ1) is 8.22. The van der Waals surface area contributed by atoms with Crippen molar-refractivity contribution in [3.05, 3.63) is 41.5 Å². The lowest BCUT2D eigenvalue weighted by Crippen LogP contribution is -1.95. The number of benzene rings is 1. The third-order valence-corrected chi connectivity index (χ3v) is 3.29. The second-order valence-corrected chi connectivity index (χ2v) is 4.59. The SMILES string of the molecule is C=C(OCCCC)c1ccc2c(c1)CCC2O. The number of unbranched alkanes of at least 4 members (excludes halogenated alkanes) is 1. The van der Waals surface area contributed by atoms with Gasteiger partial charge in [-0.2, -0.15) is 0 Å². The van der Waals surface area contributed by atoms with Gasteiger partial charge in [-0.3, -0.25) is 0 Å². The zero-order chi connectivity index (χ0) is 12.3. The molecular weight excluding hydrogens is 212 g/mol. The monoisotopic (exact) mass is 232 g/mol. The van der Waals surface area contributed by atoms with Crippen molar-refractivity contribution in [2.45, 2.75) is 38.7 Å². The summed E-state index contributed by atoms with van der Waals surface area (Å²) in [7, 11) is 0. The van der Waals surface area contributed by atoms with Crippen LogP contribution >= 0.6 is 0 Å². The maximum Gasteiger partial charge on any atom is 0.119 e. The van der Waals surface area contributed by atoms with Gasteiger partial charge in [-0.15, -0.1) is 0 Å². The number of fused-ring (bicyclic) bond motifs is 1. The Bertz CT molecular complexity index is 409. The first-order valence-electron chi connectivity index (χ1n) is 6.35. The molecule has 1 N–H and O–H groups in total. The lowest BCUT2D eigenvalue weighted by molar-refractivity contribution is 0.180. The largest absolute Gasteiger partial charge is 0.494 e. The molecule has 1 aliphatic rings. The average molecular weight is 232 g/mol. The highest BCUT2D eigenvalue weighted by Gasteiger charge is 2.20. The van der Waals surface area contributed by atoms with Gasteiger partial charge in [0, 0.05) is 5.56 Å². The zero-order valence-corrected chi connectivity index (χ0v) is 10.4. The molecule has 1 unspecified atom stereocenters. The van der Waals surface area contributed by atoms with E-state index in [1.165, 1.54) is 5.56 Å². The molecule has 0 saturated heterocycles. The summed E-state index contributed by atoms with van der Waals surface area (Å²) in [5.41, 5.74) is 3.33. The molecule has 0 aliphatic heterocycles. The summed E-state index contributed by atoms with van der Waals surface area (Å²) in [6.07, 6.45) is 3.69. The topological polar surface area (TPSA) is 29.5 Å². The molecule has 2 rings (SSSR count). The van der Waals surface area contributed by atoms with Gasteiger partial charge < -0.3 is 9.84 Å². The number of aliphatic hydroxyl groups is 1. The van der Waals surface area contributed by atoms with Crippen molar-refractivity contribution >= 4 is 5.76 Å². The maximum absolute atomic E-state index is 9.73. The highest BCUT2D eigenvalue weighted by atomic mass is 16.5. The predicted octanol–water partition coefficient (Wildman–Crippen LogP) is 3.45. The van der Waals surface area contributed by atoms with Crippen LogP contribution in [-0.4, -0.2) is 11.7 Å². The van der Waals surface area contributed by atoms with Gasteiger partial charge in [0.2, 0.25) is 0 Å². The van der Waals surface area contributed by atoms with Gasteiger partial charge in [-0.05, 0) is 36.5 Å². The molecule has 92 valence electrons. The van der Waals surface area contributed by atoms with Crippen LogP contribution in [0.5, 0.6) is 0 Å². The van der Waals surface area contributed by atoms with Gasteiger partial charge in [0.25, 0.3) is 0 Å². The smallest absolute Gasteiger partial charge is 0.119 e. The van der Waals surface area contributed by atoms with Crippen molar-refractivity contribution < 1.29 is 9.84 Å². The van der Waals surface area contributed by atoms with Crippen molar-refractivity contribution in [2.24, 2.45) is 0 Å². The second-order valence-electron chi connectivity index (χ2n) is 4.59. The van der Waals surface area contributed by atoms with Crippen LogP contribution in [0, 0.1) is 0 Å². The van der Waals surface area contributed by atoms with Gasteiger partial charge in [0.05, 0.1) is 12.7 Å². The second kappa shape index (κ2) is 5.37. The first-order valence-corrected chi connectivity index (χ1v) is 6.35. The van der Waals surface area contributed by atoms with Crippen LogP contribution in [0.1, 0.15) is 49.0 Å². The van der Waals surface area contributed by atoms with E-state index in [1.54, 1.807) is 0 Å². The summed E-state index contributed by atoms with van der Waals surface area (Å²) in [4.78, 5) is 0. The quantitative estimate of drug-likeness (QED) is 0.622. The Morgan fingerprint density at radius 3 is 3.12 bits per heavy atom. The third-order valence-electron chi connectivity index (χ3n) is 3.29. The number of rotatable bonds is 5. The Labute approximate surface area is 103 Å². The van der Waals surface area contributed by atoms with Crippen LogP contribution in [0.25, 0.3) is 5.76 Å². The minimum Gasteiger partial charge on any atom is -0.494 e. The molecule has 17 heavy (non-hydrogen) atoms. The Kier molecular flexibility index (Phi) is 3.85. The van der Waals surface area contributed by atoms with Crippen molar-refractivity contribution in [1.29, 1.82) is 0 Å². The lowest BCUT2D eigenvalue weighted by atomic mass is 10.0. The maximum atomic E-state index is 9.73. The fraction of sp³-hybridized carbons (Fsp3) is 0.467. The van der Waals surface area contributed by atoms with Crippen molar-refractivity contribution in [3.63, 3.8) is 0 Å². The summed E-state index contributed by atoms with van der Waals surface area (Å²) in [5.74, 6) is 0.739. The van der Waals surface area contributed by atoms with Crippen LogP contribution in [0.2, 0.25) is 0 Å². The molecule has 0 bridgehead atoms. The van der Waals surface area contributed by atoms with Crippen molar-refractivity contribution in [2.75, 3.05) is 6.61 Å². The summed E-state index contributed by atoms with van der Waals surface area (Å²) < 4.78 is 5.60. The van der Waals surface area contributed by atoms with Gasteiger partial charge in [0.15, 0.2) is 0 Å². The number of aliphatic hydroxyl groups excluding tert-OH is 1. The van der Waals surface area contributed by atoms with E-state index in [9.17, 15) is 5.11 Å². The normalized spacial score (nSPS) is 17.9. The van der Waals surface area contributed by atoms with E-state index in [0.29, 0.717) is 0 Å². The Hall–Kier alpha value is -1.28. The Balaban J connectivity index is 2.05. The van der Waals surface area contributed by atoms with E-state index in [0.717, 1.165) is 49.2 Å². The molecule has 0 saturated carbocycles. The zero-order valence-electron chi connectivity index (χ0n) is 10.4. The number of hydrogen-bond donors (Lipinski definition) is 1. The van der Waals surface area contributed by atoms with Gasteiger partial charge >= 0.3 is 0 Å². The molecule has 0 aromatic heterocycles. The van der Waals surface area contributed by atoms with Gasteiger partial charge in [0.1, 0.15) is 5.76 Å². The molecule has 2 nitrogen and oxygen atoms in total. The summed E-state index contributed by atoms with van der Waals surface area (Å²) in [5, 5.41) is 9.73. The molecule has 1 aromatic rings. The van der Waals surface area contributed by atoms with Crippen LogP contribution < -0.4 is 0 Å². The number of aryl methyl sites for hydroxylation is 1. The minimum atomic E-state index is -0.284. The van der Waals surface area contributed by atoms with E-state index < -0.39 is 0 Å². The molecule has 1 aliphatic carbocycles. The third kappa shape index (κ3) is 2.70. The van der Waals surface area contributed by atoms with E-state index in [-0.39, 0.29) is 6.10 Å². The predicted molar refractivity (Wildman–Crippen MR) is 69.6 cm³/mol. The average Bonchev–Trinajstić information content (AvgIpc) is 2.71. The van der Waals surface area contributed by atoms with Crippen molar-refractivity contribution in [3.8, 4) is 0 Å². The summed E-state index contributed by atoms with van der Waals surface area (Å²) in [6, 6.07) is 6.08. The number of ether oxygens (including phenoxy) is 1. The van der Waals surface area contributed by atoms with Gasteiger partial charge in [-0.25, -0.2) is 0 Å². The molecule has 1 aromatic carbocycles. The van der Waals surface area contributed by atoms with Crippen LogP contribution in [0.4, 0.5) is 0 Å². The van der Waals surface area contributed by atoms with Crippen LogP contribution in [0.15, 0.2) is 24.8 Å². The van der Waals surface area contributed by atoms with E-state index in [1.807, 2.05) is 12.1 Å². The fourth-order valence-corrected chi connectivity index (χ4v) is 2.19. The summed E-state index contributed by atoms with van der Waals surface area (Å²) >= 11 is 0. The molecule has 0 fully saturated rings. The Morgan fingerprint density at radius 2 is 2.35 bits per heavy atom. The van der Waals surface area contributed by atoms with E-state index in [2.05, 4.69) is 19.6 Å². The first kappa shape index (κ1) is 12.2. The molecule has 2 heteroatoms. The molecule has 1 atom stereocenters. The highest BCUT2D eigenvalue weighted by molar-refractivity contribution is 5.59. The van der Waals surface area contributed by atoms with Crippen molar-refractivity contribution in [1.82, 2.24) is 0 Å². The van der Waals surface area contributed by atoms with Crippen LogP contribution in [0.3, 0.4) is 0 Å². The molecule has 0 amide bonds. The Morgan fingerprint density at radius 1 is 1.53 bits per heavy atom. The molecule has 0 radical (unpaired) electrons. The molecule has 0 heterocycles.